The number of aliphatic hydroxyl groups excluding tert-OH is 4. The molecule has 0 aromatic heterocycles. The van der Waals surface area contributed by atoms with Crippen molar-refractivity contribution < 1.29 is 20.4 Å². The summed E-state index contributed by atoms with van der Waals surface area (Å²) in [4.78, 5) is 0. The minimum Gasteiger partial charge on any atom is -0.395 e. The first-order chi connectivity index (χ1) is 8.63. The van der Waals surface area contributed by atoms with Crippen molar-refractivity contribution in [3.05, 3.63) is 0 Å². The van der Waals surface area contributed by atoms with Gasteiger partial charge in [0.2, 0.25) is 0 Å². The monoisotopic (exact) mass is 263 g/mol. The molecule has 7 N–H and O–H groups in total. The molecule has 1 saturated heterocycles. The molecule has 1 fully saturated rings. The van der Waals surface area contributed by atoms with Gasteiger partial charge in [0, 0.05) is 0 Å². The zero-order valence-electron chi connectivity index (χ0n) is 10.7. The number of hydrogen-bond acceptors (Lipinski definition) is 7. The van der Waals surface area contributed by atoms with Crippen molar-refractivity contribution >= 4 is 0 Å². The van der Waals surface area contributed by atoms with E-state index in [-0.39, 0.29) is 19.5 Å². The fourth-order valence-electron chi connectivity index (χ4n) is 2.01. The first-order valence-corrected chi connectivity index (χ1v) is 6.47. The average Bonchev–Trinajstić information content (AvgIpc) is 2.50. The summed E-state index contributed by atoms with van der Waals surface area (Å²) in [6, 6.07) is -1.27. The first kappa shape index (κ1) is 15.8. The van der Waals surface area contributed by atoms with Crippen molar-refractivity contribution in [2.45, 2.75) is 50.3 Å². The smallest absolute Gasteiger partial charge is 0.112 e. The van der Waals surface area contributed by atoms with E-state index in [2.05, 4.69) is 22.9 Å². The Hall–Kier alpha value is -0.280. The number of nitrogens with one attached hydrogen (secondary N) is 3. The van der Waals surface area contributed by atoms with Gasteiger partial charge in [-0.05, 0) is 13.0 Å². The molecule has 7 heteroatoms. The van der Waals surface area contributed by atoms with Crippen LogP contribution in [-0.2, 0) is 0 Å². The van der Waals surface area contributed by atoms with Crippen molar-refractivity contribution in [3.8, 4) is 0 Å². The Morgan fingerprint density at radius 2 is 1.50 bits per heavy atom. The molecule has 0 saturated carbocycles. The average molecular weight is 263 g/mol. The Kier molecular flexibility index (Phi) is 7.02. The summed E-state index contributed by atoms with van der Waals surface area (Å²) in [5.74, 6) is 0. The molecular formula is C11H25N3O4. The summed E-state index contributed by atoms with van der Waals surface area (Å²) < 4.78 is 0. The zero-order chi connectivity index (χ0) is 13.5. The maximum Gasteiger partial charge on any atom is 0.112 e. The molecule has 0 spiro atoms. The van der Waals surface area contributed by atoms with Crippen LogP contribution in [0.3, 0.4) is 0 Å². The molecule has 0 bridgehead atoms. The van der Waals surface area contributed by atoms with Gasteiger partial charge in [-0.25, -0.2) is 0 Å². The van der Waals surface area contributed by atoms with Crippen LogP contribution in [-0.4, -0.2) is 70.8 Å². The Morgan fingerprint density at radius 1 is 1.00 bits per heavy atom. The third-order valence-corrected chi connectivity index (χ3v) is 3.21. The lowest BCUT2D eigenvalue weighted by Gasteiger charge is -2.25. The molecule has 1 aliphatic heterocycles. The van der Waals surface area contributed by atoms with Crippen LogP contribution < -0.4 is 16.0 Å². The second-order valence-electron chi connectivity index (χ2n) is 4.63. The molecule has 0 aliphatic carbocycles. The largest absolute Gasteiger partial charge is 0.395 e. The van der Waals surface area contributed by atoms with Gasteiger partial charge in [-0.15, -0.1) is 0 Å². The van der Waals surface area contributed by atoms with Gasteiger partial charge in [0.1, 0.15) is 6.29 Å². The molecule has 0 aromatic rings. The number of aliphatic hydroxyl groups is 4. The number of rotatable bonds is 6. The highest BCUT2D eigenvalue weighted by Gasteiger charge is 2.37. The van der Waals surface area contributed by atoms with Crippen LogP contribution in [0.1, 0.15) is 19.8 Å². The summed E-state index contributed by atoms with van der Waals surface area (Å²) >= 11 is 0. The second-order valence-corrected chi connectivity index (χ2v) is 4.63. The van der Waals surface area contributed by atoms with Crippen molar-refractivity contribution in [3.63, 3.8) is 0 Å². The minimum atomic E-state index is -1.13. The highest BCUT2D eigenvalue weighted by Crippen LogP contribution is 2.09. The van der Waals surface area contributed by atoms with Gasteiger partial charge in [0.15, 0.2) is 0 Å². The Bertz CT molecular complexity index is 214. The minimum absolute atomic E-state index is 0.288. The van der Waals surface area contributed by atoms with Gasteiger partial charge in [-0.2, -0.15) is 0 Å². The molecule has 1 rings (SSSR count). The maximum atomic E-state index is 9.86. The molecule has 2 unspecified atom stereocenters. The standard InChI is InChI=1S/C11H25N3O4/c1-2-3-4-12-11-13-7(5-15)9(17)10(18)8(6-16)14-11/h7-18H,2-6H2,1H3/t7-,8+,9+,10?,11?/m1/s1. The SMILES string of the molecule is CCCCNC1N[C@@H](CO)C(O)[C@@H](O)[C@@H](CO)N1. The fraction of sp³-hybridized carbons (Fsp3) is 1.00. The van der Waals surface area contributed by atoms with Gasteiger partial charge in [0.05, 0.1) is 37.5 Å². The first-order valence-electron chi connectivity index (χ1n) is 6.47. The van der Waals surface area contributed by atoms with Gasteiger partial charge >= 0.3 is 0 Å². The Morgan fingerprint density at radius 3 is 1.89 bits per heavy atom. The molecule has 7 nitrogen and oxygen atoms in total. The van der Waals surface area contributed by atoms with Gasteiger partial charge in [-0.3, -0.25) is 16.0 Å². The van der Waals surface area contributed by atoms with E-state index < -0.39 is 24.3 Å². The van der Waals surface area contributed by atoms with E-state index in [1.165, 1.54) is 0 Å². The lowest BCUT2D eigenvalue weighted by atomic mass is 10.0. The van der Waals surface area contributed by atoms with E-state index in [1.54, 1.807) is 0 Å². The van der Waals surface area contributed by atoms with Crippen molar-refractivity contribution in [2.75, 3.05) is 19.8 Å². The summed E-state index contributed by atoms with van der Waals surface area (Å²) in [6.45, 7) is 2.27. The van der Waals surface area contributed by atoms with Crippen LogP contribution in [0.15, 0.2) is 0 Å². The topological polar surface area (TPSA) is 117 Å². The molecule has 108 valence electrons. The van der Waals surface area contributed by atoms with Gasteiger partial charge in [-0.1, -0.05) is 13.3 Å². The molecule has 18 heavy (non-hydrogen) atoms. The van der Waals surface area contributed by atoms with Crippen LogP contribution in [0.2, 0.25) is 0 Å². The number of unbranched alkanes of at least 4 members (excludes halogenated alkanes) is 1. The highest BCUT2D eigenvalue weighted by atomic mass is 16.3. The molecule has 0 aromatic carbocycles. The van der Waals surface area contributed by atoms with Crippen LogP contribution >= 0.6 is 0 Å². The quantitative estimate of drug-likeness (QED) is 0.261. The molecule has 0 radical (unpaired) electrons. The summed E-state index contributed by atoms with van der Waals surface area (Å²) in [7, 11) is 0. The van der Waals surface area contributed by atoms with Crippen LogP contribution in [0, 0.1) is 0 Å². The van der Waals surface area contributed by atoms with E-state index in [1.807, 2.05) is 0 Å². The van der Waals surface area contributed by atoms with Crippen molar-refractivity contribution in [1.29, 1.82) is 0 Å². The fourth-order valence-corrected chi connectivity index (χ4v) is 2.01. The van der Waals surface area contributed by atoms with Crippen LogP contribution in [0.5, 0.6) is 0 Å². The van der Waals surface area contributed by atoms with Crippen LogP contribution in [0.4, 0.5) is 0 Å². The summed E-state index contributed by atoms with van der Waals surface area (Å²) in [5, 5.41) is 47.2. The van der Waals surface area contributed by atoms with E-state index in [0.29, 0.717) is 0 Å². The third kappa shape index (κ3) is 4.13. The molecule has 1 heterocycles. The lowest BCUT2D eigenvalue weighted by Crippen LogP contribution is -2.58. The predicted octanol–water partition coefficient (Wildman–Crippen LogP) is -2.70. The van der Waals surface area contributed by atoms with E-state index in [9.17, 15) is 20.4 Å². The highest BCUT2D eigenvalue weighted by molar-refractivity contribution is 4.93. The van der Waals surface area contributed by atoms with E-state index in [4.69, 9.17) is 0 Å². The normalized spacial score (nSPS) is 37.5. The lowest BCUT2D eigenvalue weighted by molar-refractivity contribution is -0.0302. The van der Waals surface area contributed by atoms with E-state index in [0.717, 1.165) is 19.4 Å². The predicted molar refractivity (Wildman–Crippen MR) is 66.7 cm³/mol. The Labute approximate surface area is 107 Å². The summed E-state index contributed by atoms with van der Waals surface area (Å²) in [5.41, 5.74) is 0. The van der Waals surface area contributed by atoms with Crippen LogP contribution in [0.25, 0.3) is 0 Å². The van der Waals surface area contributed by atoms with Gasteiger partial charge < -0.3 is 20.4 Å². The Balaban J connectivity index is 2.62. The number of hydrogen-bond donors (Lipinski definition) is 7. The zero-order valence-corrected chi connectivity index (χ0v) is 10.7. The van der Waals surface area contributed by atoms with E-state index >= 15 is 0 Å². The van der Waals surface area contributed by atoms with Crippen molar-refractivity contribution in [1.82, 2.24) is 16.0 Å². The molecular weight excluding hydrogens is 238 g/mol. The third-order valence-electron chi connectivity index (χ3n) is 3.21. The summed E-state index contributed by atoms with van der Waals surface area (Å²) in [6.07, 6.45) is -0.566. The molecule has 0 amide bonds. The maximum absolute atomic E-state index is 9.86. The molecule has 5 atom stereocenters. The van der Waals surface area contributed by atoms with Gasteiger partial charge in [0.25, 0.3) is 0 Å². The van der Waals surface area contributed by atoms with Crippen molar-refractivity contribution in [2.24, 2.45) is 0 Å². The second kappa shape index (κ2) is 8.00. The molecule has 1 aliphatic rings.